The molecule has 2 N–H and O–H groups in total. The first kappa shape index (κ1) is 11.7. The van der Waals surface area contributed by atoms with Crippen molar-refractivity contribution in [1.29, 1.82) is 0 Å². The van der Waals surface area contributed by atoms with E-state index in [0.717, 1.165) is 5.56 Å². The lowest BCUT2D eigenvalue weighted by Crippen LogP contribution is -2.15. The normalized spacial score (nSPS) is 12.4. The van der Waals surface area contributed by atoms with Crippen LogP contribution in [0.1, 0.15) is 17.0 Å². The molecule has 0 spiro atoms. The van der Waals surface area contributed by atoms with Crippen LogP contribution in [0.2, 0.25) is 0 Å². The molecule has 0 saturated carbocycles. The number of halogens is 1. The van der Waals surface area contributed by atoms with Gasteiger partial charge in [0.05, 0.1) is 6.20 Å². The highest BCUT2D eigenvalue weighted by Gasteiger charge is 2.12. The Morgan fingerprint density at radius 2 is 1.94 bits per heavy atom. The van der Waals surface area contributed by atoms with Gasteiger partial charge >= 0.3 is 0 Å². The van der Waals surface area contributed by atoms with E-state index in [9.17, 15) is 4.39 Å². The van der Waals surface area contributed by atoms with Gasteiger partial charge < -0.3 is 5.73 Å². The lowest BCUT2D eigenvalue weighted by atomic mass is 9.92. The molecule has 0 amide bonds. The molecule has 0 aliphatic carbocycles. The quantitative estimate of drug-likeness (QED) is 0.876. The lowest BCUT2D eigenvalue weighted by Gasteiger charge is -2.15. The van der Waals surface area contributed by atoms with E-state index in [1.807, 2.05) is 30.3 Å². The average Bonchev–Trinajstić information content (AvgIpc) is 2.39. The van der Waals surface area contributed by atoms with E-state index in [1.54, 1.807) is 12.3 Å². The summed E-state index contributed by atoms with van der Waals surface area (Å²) in [4.78, 5) is 3.74. The number of nitrogens with zero attached hydrogens (tertiary/aromatic N) is 1. The number of rotatable bonds is 4. The first-order chi connectivity index (χ1) is 8.31. The zero-order valence-corrected chi connectivity index (χ0v) is 9.51. The van der Waals surface area contributed by atoms with Gasteiger partial charge in [-0.2, -0.15) is 0 Å². The number of benzene rings is 1. The summed E-state index contributed by atoms with van der Waals surface area (Å²) in [5.41, 5.74) is 7.58. The van der Waals surface area contributed by atoms with Gasteiger partial charge in [-0.3, -0.25) is 4.98 Å². The third-order valence-electron chi connectivity index (χ3n) is 2.88. The number of aromatic nitrogens is 1. The molecule has 17 heavy (non-hydrogen) atoms. The molecule has 2 nitrogen and oxygen atoms in total. The third kappa shape index (κ3) is 2.88. The van der Waals surface area contributed by atoms with E-state index < -0.39 is 0 Å². The molecule has 0 radical (unpaired) electrons. The van der Waals surface area contributed by atoms with Crippen molar-refractivity contribution in [2.45, 2.75) is 12.3 Å². The number of hydrogen-bond donors (Lipinski definition) is 1. The fourth-order valence-electron chi connectivity index (χ4n) is 1.90. The van der Waals surface area contributed by atoms with Crippen LogP contribution in [-0.4, -0.2) is 11.5 Å². The Morgan fingerprint density at radius 1 is 1.18 bits per heavy atom. The first-order valence-electron chi connectivity index (χ1n) is 5.64. The topological polar surface area (TPSA) is 38.9 Å². The van der Waals surface area contributed by atoms with Gasteiger partial charge in [-0.05, 0) is 30.2 Å². The van der Waals surface area contributed by atoms with E-state index in [1.165, 1.54) is 6.20 Å². The summed E-state index contributed by atoms with van der Waals surface area (Å²) in [5, 5.41) is 0. The van der Waals surface area contributed by atoms with Crippen LogP contribution >= 0.6 is 0 Å². The minimum absolute atomic E-state index is 0.146. The predicted molar refractivity (Wildman–Crippen MR) is 66.1 cm³/mol. The Labute approximate surface area is 100 Å². The van der Waals surface area contributed by atoms with Gasteiger partial charge in [-0.1, -0.05) is 30.3 Å². The fourth-order valence-corrected chi connectivity index (χ4v) is 1.90. The largest absolute Gasteiger partial charge is 0.330 e. The van der Waals surface area contributed by atoms with E-state index in [2.05, 4.69) is 4.98 Å². The second-order valence-corrected chi connectivity index (χ2v) is 4.01. The first-order valence-corrected chi connectivity index (χ1v) is 5.64. The van der Waals surface area contributed by atoms with Crippen LogP contribution in [0.3, 0.4) is 0 Å². The number of hydrogen-bond acceptors (Lipinski definition) is 2. The Kier molecular flexibility index (Phi) is 3.83. The van der Waals surface area contributed by atoms with Crippen LogP contribution in [0.15, 0.2) is 48.8 Å². The number of pyridine rings is 1. The molecule has 1 heterocycles. The maximum Gasteiger partial charge on any atom is 0.144 e. The molecule has 0 aliphatic rings. The summed E-state index contributed by atoms with van der Waals surface area (Å²) < 4.78 is 13.5. The zero-order chi connectivity index (χ0) is 12.1. The summed E-state index contributed by atoms with van der Waals surface area (Å²) in [6, 6.07) is 11.7. The van der Waals surface area contributed by atoms with Gasteiger partial charge in [0.15, 0.2) is 0 Å². The van der Waals surface area contributed by atoms with Crippen molar-refractivity contribution in [2.24, 2.45) is 5.73 Å². The summed E-state index contributed by atoms with van der Waals surface area (Å²) in [6.07, 6.45) is 3.46. The van der Waals surface area contributed by atoms with E-state index in [0.29, 0.717) is 18.5 Å². The average molecular weight is 230 g/mol. The Balaban J connectivity index is 2.19. The molecule has 1 aromatic heterocycles. The van der Waals surface area contributed by atoms with Gasteiger partial charge in [0.1, 0.15) is 5.82 Å². The van der Waals surface area contributed by atoms with Crippen molar-refractivity contribution in [1.82, 2.24) is 4.98 Å². The highest BCUT2D eigenvalue weighted by molar-refractivity contribution is 5.24. The number of nitrogens with two attached hydrogens (primary N) is 1. The second-order valence-electron chi connectivity index (χ2n) is 4.01. The van der Waals surface area contributed by atoms with E-state index >= 15 is 0 Å². The van der Waals surface area contributed by atoms with Gasteiger partial charge in [0.25, 0.3) is 0 Å². The fraction of sp³-hybridized carbons (Fsp3) is 0.214. The summed E-state index contributed by atoms with van der Waals surface area (Å²) in [7, 11) is 0. The van der Waals surface area contributed by atoms with E-state index in [4.69, 9.17) is 5.73 Å². The van der Waals surface area contributed by atoms with Crippen molar-refractivity contribution in [3.8, 4) is 0 Å². The van der Waals surface area contributed by atoms with Crippen LogP contribution in [0.25, 0.3) is 0 Å². The van der Waals surface area contributed by atoms with Gasteiger partial charge in [0.2, 0.25) is 0 Å². The molecule has 0 fully saturated rings. The van der Waals surface area contributed by atoms with E-state index in [-0.39, 0.29) is 11.7 Å². The highest BCUT2D eigenvalue weighted by Crippen LogP contribution is 2.20. The highest BCUT2D eigenvalue weighted by atomic mass is 19.1. The zero-order valence-electron chi connectivity index (χ0n) is 9.51. The molecular formula is C14H15FN2. The minimum atomic E-state index is -0.262. The standard InChI is InChI=1S/C14H15FN2/c15-14-10-17-7-6-12(14)8-13(9-16)11-4-2-1-3-5-11/h1-7,10,13H,8-9,16H2. The molecule has 1 unspecified atom stereocenters. The van der Waals surface area contributed by atoms with Crippen LogP contribution in [-0.2, 0) is 6.42 Å². The Bertz CT molecular complexity index is 471. The van der Waals surface area contributed by atoms with Crippen molar-refractivity contribution in [3.63, 3.8) is 0 Å². The second kappa shape index (κ2) is 5.55. The van der Waals surface area contributed by atoms with Crippen molar-refractivity contribution in [3.05, 3.63) is 65.7 Å². The maximum absolute atomic E-state index is 13.5. The maximum atomic E-state index is 13.5. The molecule has 2 aromatic rings. The van der Waals surface area contributed by atoms with Crippen LogP contribution in [0.4, 0.5) is 4.39 Å². The monoisotopic (exact) mass is 230 g/mol. The van der Waals surface area contributed by atoms with Crippen LogP contribution < -0.4 is 5.73 Å². The summed E-state index contributed by atoms with van der Waals surface area (Å²) in [6.45, 7) is 0.506. The third-order valence-corrected chi connectivity index (χ3v) is 2.88. The molecule has 1 aromatic carbocycles. The SMILES string of the molecule is NCC(Cc1ccncc1F)c1ccccc1. The van der Waals surface area contributed by atoms with Crippen molar-refractivity contribution >= 4 is 0 Å². The molecule has 0 bridgehead atoms. The van der Waals surface area contributed by atoms with Gasteiger partial charge in [-0.15, -0.1) is 0 Å². The smallest absolute Gasteiger partial charge is 0.144 e. The molecule has 1 atom stereocenters. The van der Waals surface area contributed by atoms with Crippen LogP contribution in [0.5, 0.6) is 0 Å². The van der Waals surface area contributed by atoms with Gasteiger partial charge in [-0.25, -0.2) is 4.39 Å². The van der Waals surface area contributed by atoms with Crippen molar-refractivity contribution in [2.75, 3.05) is 6.54 Å². The lowest BCUT2D eigenvalue weighted by molar-refractivity contribution is 0.585. The summed E-state index contributed by atoms with van der Waals surface area (Å²) >= 11 is 0. The molecule has 3 heteroatoms. The van der Waals surface area contributed by atoms with Crippen LogP contribution in [0, 0.1) is 5.82 Å². The molecule has 0 aliphatic heterocycles. The molecular weight excluding hydrogens is 215 g/mol. The summed E-state index contributed by atoms with van der Waals surface area (Å²) in [5.74, 6) is -0.116. The Morgan fingerprint density at radius 3 is 2.59 bits per heavy atom. The Hall–Kier alpha value is -1.74. The van der Waals surface area contributed by atoms with Gasteiger partial charge in [0, 0.05) is 12.1 Å². The minimum Gasteiger partial charge on any atom is -0.330 e. The molecule has 0 saturated heterocycles. The predicted octanol–water partition coefficient (Wildman–Crippen LogP) is 2.51. The van der Waals surface area contributed by atoms with Crippen molar-refractivity contribution < 1.29 is 4.39 Å². The molecule has 2 rings (SSSR count). The molecule has 88 valence electrons.